The molecule has 2 N–H and O–H groups in total. The zero-order valence-electron chi connectivity index (χ0n) is 18.6. The lowest BCUT2D eigenvalue weighted by atomic mass is 9.89. The van der Waals surface area contributed by atoms with Crippen molar-refractivity contribution in [3.63, 3.8) is 0 Å². The van der Waals surface area contributed by atoms with Crippen LogP contribution in [0.4, 0.5) is 4.39 Å². The zero-order chi connectivity index (χ0) is 23.1. The Morgan fingerprint density at radius 1 is 1.12 bits per heavy atom. The number of nitrogens with one attached hydrogen (secondary N) is 1. The Morgan fingerprint density at radius 3 is 2.47 bits per heavy atom. The van der Waals surface area contributed by atoms with Crippen molar-refractivity contribution in [2.75, 3.05) is 13.7 Å². The molecule has 0 saturated heterocycles. The van der Waals surface area contributed by atoms with E-state index in [0.29, 0.717) is 32.1 Å². The third-order valence-corrected chi connectivity index (χ3v) is 5.96. The van der Waals surface area contributed by atoms with Crippen LogP contribution in [0.15, 0.2) is 36.4 Å². The molecule has 7 heteroatoms. The summed E-state index contributed by atoms with van der Waals surface area (Å²) in [6.45, 7) is 2.19. The molecule has 6 nitrogen and oxygen atoms in total. The maximum atomic E-state index is 15.3. The van der Waals surface area contributed by atoms with Gasteiger partial charge in [0.25, 0.3) is 5.91 Å². The molecular formula is C25H30FNO5. The molecular weight excluding hydrogens is 413 g/mol. The molecule has 1 saturated carbocycles. The van der Waals surface area contributed by atoms with Crippen LogP contribution < -0.4 is 14.8 Å². The largest absolute Gasteiger partial charge is 0.493 e. The number of ether oxygens (including phenoxy) is 2. The third kappa shape index (κ3) is 5.39. The van der Waals surface area contributed by atoms with E-state index in [1.54, 1.807) is 0 Å². The molecule has 0 heterocycles. The van der Waals surface area contributed by atoms with Crippen molar-refractivity contribution in [3.8, 4) is 11.5 Å². The number of benzene rings is 2. The molecule has 0 aliphatic heterocycles. The number of aliphatic carboxylic acids is 1. The average Bonchev–Trinajstić information content (AvgIpc) is 3.01. The highest BCUT2D eigenvalue weighted by atomic mass is 19.1. The van der Waals surface area contributed by atoms with Gasteiger partial charge in [-0.3, -0.25) is 4.79 Å². The molecule has 0 aromatic heterocycles. The average molecular weight is 444 g/mol. The van der Waals surface area contributed by atoms with Crippen LogP contribution in [-0.2, 0) is 11.2 Å². The SMILES string of the molecule is COc1ccc(C(=O)NC2(C(=O)O)CCCCCC2)c(F)c1OCCc1cccc(C)c1. The fourth-order valence-electron chi connectivity index (χ4n) is 4.16. The first-order valence-electron chi connectivity index (χ1n) is 11.0. The lowest BCUT2D eigenvalue weighted by Crippen LogP contribution is -2.54. The number of carbonyl (C=O) groups excluding carboxylic acids is 1. The van der Waals surface area contributed by atoms with Gasteiger partial charge in [0.15, 0.2) is 17.3 Å². The number of aryl methyl sites for hydroxylation is 1. The van der Waals surface area contributed by atoms with Gasteiger partial charge in [-0.2, -0.15) is 0 Å². The molecule has 0 atom stereocenters. The molecule has 172 valence electrons. The monoisotopic (exact) mass is 443 g/mol. The lowest BCUT2D eigenvalue weighted by Gasteiger charge is -2.29. The Bertz CT molecular complexity index is 967. The predicted octanol–water partition coefficient (Wildman–Crippen LogP) is 4.67. The Labute approximate surface area is 187 Å². The molecule has 32 heavy (non-hydrogen) atoms. The number of amides is 1. The second-order valence-corrected chi connectivity index (χ2v) is 8.30. The van der Waals surface area contributed by atoms with Gasteiger partial charge in [0.05, 0.1) is 19.3 Å². The minimum absolute atomic E-state index is 0.155. The number of methoxy groups -OCH3 is 1. The van der Waals surface area contributed by atoms with Gasteiger partial charge < -0.3 is 19.9 Å². The fraction of sp³-hybridized carbons (Fsp3) is 0.440. The Morgan fingerprint density at radius 2 is 1.84 bits per heavy atom. The molecule has 0 unspecified atom stereocenters. The van der Waals surface area contributed by atoms with E-state index in [1.807, 2.05) is 31.2 Å². The minimum atomic E-state index is -1.38. The number of carboxylic acids is 1. The maximum absolute atomic E-state index is 15.3. The first kappa shape index (κ1) is 23.6. The molecule has 2 aromatic carbocycles. The van der Waals surface area contributed by atoms with Gasteiger partial charge in [-0.05, 0) is 37.5 Å². The number of hydrogen-bond donors (Lipinski definition) is 2. The first-order chi connectivity index (χ1) is 15.4. The highest BCUT2D eigenvalue weighted by molar-refractivity contribution is 5.98. The number of rotatable bonds is 8. The van der Waals surface area contributed by atoms with E-state index < -0.39 is 23.2 Å². The van der Waals surface area contributed by atoms with Crippen molar-refractivity contribution in [2.45, 2.75) is 57.4 Å². The second-order valence-electron chi connectivity index (χ2n) is 8.30. The Hall–Kier alpha value is -3.09. The molecule has 0 radical (unpaired) electrons. The standard InChI is InChI=1S/C25H30FNO5/c1-17-8-7-9-18(16-17)12-15-32-22-20(31-2)11-10-19(21(22)26)23(28)27-25(24(29)30)13-5-3-4-6-14-25/h7-11,16H,3-6,12-15H2,1-2H3,(H,27,28)(H,29,30). The zero-order valence-corrected chi connectivity index (χ0v) is 18.6. The summed E-state index contributed by atoms with van der Waals surface area (Å²) in [5, 5.41) is 12.4. The molecule has 3 rings (SSSR count). The summed E-state index contributed by atoms with van der Waals surface area (Å²) in [6, 6.07) is 10.7. The van der Waals surface area contributed by atoms with Crippen molar-refractivity contribution in [3.05, 3.63) is 58.9 Å². The third-order valence-electron chi connectivity index (χ3n) is 5.96. The summed E-state index contributed by atoms with van der Waals surface area (Å²) in [4.78, 5) is 24.9. The smallest absolute Gasteiger partial charge is 0.329 e. The summed E-state index contributed by atoms with van der Waals surface area (Å²) >= 11 is 0. The molecule has 1 fully saturated rings. The number of hydrogen-bond acceptors (Lipinski definition) is 4. The highest BCUT2D eigenvalue weighted by Crippen LogP contribution is 2.34. The quantitative estimate of drug-likeness (QED) is 0.579. The molecule has 0 bridgehead atoms. The Balaban J connectivity index is 1.79. The summed E-state index contributed by atoms with van der Waals surface area (Å²) in [5.74, 6) is -2.70. The van der Waals surface area contributed by atoms with Crippen molar-refractivity contribution >= 4 is 11.9 Å². The lowest BCUT2D eigenvalue weighted by molar-refractivity contribution is -0.145. The van der Waals surface area contributed by atoms with Crippen molar-refractivity contribution in [1.29, 1.82) is 0 Å². The van der Waals surface area contributed by atoms with E-state index in [1.165, 1.54) is 19.2 Å². The van der Waals surface area contributed by atoms with E-state index in [4.69, 9.17) is 9.47 Å². The van der Waals surface area contributed by atoms with Crippen molar-refractivity contribution < 1.29 is 28.6 Å². The number of carboxylic acid groups (broad SMARTS) is 1. The van der Waals surface area contributed by atoms with Gasteiger partial charge in [0.1, 0.15) is 5.54 Å². The second kappa shape index (κ2) is 10.5. The van der Waals surface area contributed by atoms with Crippen LogP contribution in [-0.4, -0.2) is 36.2 Å². The summed E-state index contributed by atoms with van der Waals surface area (Å²) < 4.78 is 26.2. The van der Waals surface area contributed by atoms with E-state index in [2.05, 4.69) is 5.32 Å². The molecule has 1 aliphatic rings. The van der Waals surface area contributed by atoms with Gasteiger partial charge in [-0.25, -0.2) is 9.18 Å². The topological polar surface area (TPSA) is 84.9 Å². The van der Waals surface area contributed by atoms with E-state index in [-0.39, 0.29) is 23.7 Å². The van der Waals surface area contributed by atoms with Gasteiger partial charge in [-0.15, -0.1) is 0 Å². The minimum Gasteiger partial charge on any atom is -0.493 e. The van der Waals surface area contributed by atoms with E-state index >= 15 is 4.39 Å². The van der Waals surface area contributed by atoms with Crippen LogP contribution in [0.25, 0.3) is 0 Å². The van der Waals surface area contributed by atoms with Crippen molar-refractivity contribution in [2.24, 2.45) is 0 Å². The van der Waals surface area contributed by atoms with E-state index in [0.717, 1.165) is 24.0 Å². The molecule has 1 aliphatic carbocycles. The van der Waals surface area contributed by atoms with Gasteiger partial charge >= 0.3 is 5.97 Å². The summed E-state index contributed by atoms with van der Waals surface area (Å²) in [6.07, 6.45) is 4.44. The first-order valence-corrected chi connectivity index (χ1v) is 11.0. The van der Waals surface area contributed by atoms with E-state index in [9.17, 15) is 14.7 Å². The van der Waals surface area contributed by atoms with Crippen LogP contribution in [0, 0.1) is 12.7 Å². The highest BCUT2D eigenvalue weighted by Gasteiger charge is 2.40. The Kier molecular flexibility index (Phi) is 7.72. The van der Waals surface area contributed by atoms with Gasteiger partial charge in [-0.1, -0.05) is 55.5 Å². The fourth-order valence-corrected chi connectivity index (χ4v) is 4.16. The summed E-state index contributed by atoms with van der Waals surface area (Å²) in [7, 11) is 1.40. The predicted molar refractivity (Wildman–Crippen MR) is 119 cm³/mol. The maximum Gasteiger partial charge on any atom is 0.329 e. The molecule has 1 amide bonds. The molecule has 2 aromatic rings. The van der Waals surface area contributed by atoms with Crippen LogP contribution >= 0.6 is 0 Å². The van der Waals surface area contributed by atoms with Crippen LogP contribution in [0.1, 0.15) is 60.0 Å². The summed E-state index contributed by atoms with van der Waals surface area (Å²) in [5.41, 5.74) is 0.527. The van der Waals surface area contributed by atoms with Crippen LogP contribution in [0.5, 0.6) is 11.5 Å². The van der Waals surface area contributed by atoms with Crippen LogP contribution in [0.2, 0.25) is 0 Å². The number of carbonyl (C=O) groups is 2. The van der Waals surface area contributed by atoms with Crippen molar-refractivity contribution in [1.82, 2.24) is 5.32 Å². The van der Waals surface area contributed by atoms with Gasteiger partial charge in [0.2, 0.25) is 0 Å². The number of halogens is 1. The van der Waals surface area contributed by atoms with Gasteiger partial charge in [0, 0.05) is 6.42 Å². The molecule has 0 spiro atoms. The normalized spacial score (nSPS) is 15.5. The van der Waals surface area contributed by atoms with Crippen LogP contribution in [0.3, 0.4) is 0 Å².